The van der Waals surface area contributed by atoms with Crippen molar-refractivity contribution in [1.82, 2.24) is 4.90 Å². The summed E-state index contributed by atoms with van der Waals surface area (Å²) in [6.45, 7) is 1.51. The van der Waals surface area contributed by atoms with E-state index in [1.54, 1.807) is 11.4 Å². The molecule has 27 heavy (non-hydrogen) atoms. The van der Waals surface area contributed by atoms with E-state index in [0.29, 0.717) is 23.7 Å². The minimum Gasteiger partial charge on any atom is -0.366 e. The van der Waals surface area contributed by atoms with Gasteiger partial charge in [0.2, 0.25) is 5.91 Å². The maximum atomic E-state index is 12.6. The molecule has 3 N–H and O–H groups in total. The summed E-state index contributed by atoms with van der Waals surface area (Å²) in [4.78, 5) is 26.1. The largest absolute Gasteiger partial charge is 0.366 e. The molecule has 5 nitrogen and oxygen atoms in total. The molecule has 2 aromatic carbocycles. The zero-order chi connectivity index (χ0) is 19.1. The van der Waals surface area contributed by atoms with Gasteiger partial charge in [-0.05, 0) is 22.6 Å². The van der Waals surface area contributed by atoms with Crippen molar-refractivity contribution in [2.75, 3.05) is 11.9 Å². The van der Waals surface area contributed by atoms with Crippen LogP contribution in [0.15, 0.2) is 72.1 Å². The second-order valence-electron chi connectivity index (χ2n) is 6.19. The van der Waals surface area contributed by atoms with Gasteiger partial charge in [-0.15, -0.1) is 11.3 Å². The summed E-state index contributed by atoms with van der Waals surface area (Å²) in [6, 6.07) is 21.7. The van der Waals surface area contributed by atoms with Gasteiger partial charge in [0.15, 0.2) is 0 Å². The van der Waals surface area contributed by atoms with Gasteiger partial charge in [0, 0.05) is 13.1 Å². The second kappa shape index (κ2) is 9.12. The summed E-state index contributed by atoms with van der Waals surface area (Å²) in [5, 5.41) is 5.04. The average Bonchev–Trinajstić information content (AvgIpc) is 3.11. The molecule has 0 aliphatic heterocycles. The molecule has 1 aromatic heterocycles. The van der Waals surface area contributed by atoms with Crippen molar-refractivity contribution < 1.29 is 9.59 Å². The number of nitrogens with two attached hydrogens (primary N) is 1. The summed E-state index contributed by atoms with van der Waals surface area (Å²) in [7, 11) is 0. The molecule has 0 aliphatic carbocycles. The van der Waals surface area contributed by atoms with E-state index in [0.717, 1.165) is 11.1 Å². The molecule has 0 saturated carbocycles. The molecule has 0 atom stereocenters. The minimum absolute atomic E-state index is 0.174. The standard InChI is InChI=1S/C21H21N3O2S/c22-20(26)18-11-12-27-21(18)23-19(25)15-24(13-16-7-3-1-4-8-16)14-17-9-5-2-6-10-17/h1-12H,13-15H2,(H2,22,26)(H,23,25). The van der Waals surface area contributed by atoms with Crippen LogP contribution in [0.5, 0.6) is 0 Å². The molecular weight excluding hydrogens is 358 g/mol. The molecular formula is C21H21N3O2S. The molecule has 0 aliphatic rings. The molecule has 0 radical (unpaired) electrons. The minimum atomic E-state index is -0.544. The van der Waals surface area contributed by atoms with Crippen LogP contribution in [-0.2, 0) is 17.9 Å². The van der Waals surface area contributed by atoms with Gasteiger partial charge >= 0.3 is 0 Å². The Bertz CT molecular complexity index is 853. The van der Waals surface area contributed by atoms with E-state index in [1.807, 2.05) is 60.7 Å². The first-order valence-corrected chi connectivity index (χ1v) is 9.47. The molecule has 0 saturated heterocycles. The SMILES string of the molecule is NC(=O)c1ccsc1NC(=O)CN(Cc1ccccc1)Cc1ccccc1. The van der Waals surface area contributed by atoms with Crippen molar-refractivity contribution >= 4 is 28.2 Å². The monoisotopic (exact) mass is 379 g/mol. The third-order valence-corrected chi connectivity index (χ3v) is 4.88. The lowest BCUT2D eigenvalue weighted by atomic mass is 10.1. The number of carbonyl (C=O) groups excluding carboxylic acids is 2. The molecule has 1 heterocycles. The molecule has 0 fully saturated rings. The van der Waals surface area contributed by atoms with E-state index in [9.17, 15) is 9.59 Å². The number of rotatable bonds is 8. The van der Waals surface area contributed by atoms with Gasteiger partial charge in [-0.1, -0.05) is 60.7 Å². The van der Waals surface area contributed by atoms with Crippen LogP contribution in [0.2, 0.25) is 0 Å². The smallest absolute Gasteiger partial charge is 0.251 e. The Kier molecular flexibility index (Phi) is 6.35. The van der Waals surface area contributed by atoms with E-state index >= 15 is 0 Å². The average molecular weight is 379 g/mol. The van der Waals surface area contributed by atoms with Gasteiger partial charge in [-0.3, -0.25) is 14.5 Å². The second-order valence-corrected chi connectivity index (χ2v) is 7.11. The van der Waals surface area contributed by atoms with Crippen molar-refractivity contribution in [2.24, 2.45) is 5.73 Å². The molecule has 0 spiro atoms. The van der Waals surface area contributed by atoms with Crippen molar-refractivity contribution in [2.45, 2.75) is 13.1 Å². The normalized spacial score (nSPS) is 10.7. The van der Waals surface area contributed by atoms with E-state index in [-0.39, 0.29) is 12.5 Å². The highest BCUT2D eigenvalue weighted by Crippen LogP contribution is 2.22. The Hall–Kier alpha value is -2.96. The quantitative estimate of drug-likeness (QED) is 0.629. The Morgan fingerprint density at radius 2 is 1.44 bits per heavy atom. The lowest BCUT2D eigenvalue weighted by molar-refractivity contribution is -0.117. The molecule has 6 heteroatoms. The first-order valence-electron chi connectivity index (χ1n) is 8.59. The van der Waals surface area contributed by atoms with Gasteiger partial charge in [0.1, 0.15) is 5.00 Å². The van der Waals surface area contributed by atoms with Crippen LogP contribution in [0.25, 0.3) is 0 Å². The molecule has 3 rings (SSSR count). The Morgan fingerprint density at radius 1 is 0.889 bits per heavy atom. The molecule has 2 amide bonds. The number of anilines is 1. The number of primary amides is 1. The highest BCUT2D eigenvalue weighted by molar-refractivity contribution is 7.14. The van der Waals surface area contributed by atoms with Gasteiger partial charge < -0.3 is 11.1 Å². The molecule has 138 valence electrons. The highest BCUT2D eigenvalue weighted by atomic mass is 32.1. The lowest BCUT2D eigenvalue weighted by Gasteiger charge is -2.22. The number of carbonyl (C=O) groups is 2. The van der Waals surface area contributed by atoms with Crippen LogP contribution in [0.3, 0.4) is 0 Å². The first kappa shape index (κ1) is 18.8. The first-order chi connectivity index (χ1) is 13.1. The summed E-state index contributed by atoms with van der Waals surface area (Å²) in [5.74, 6) is -0.719. The summed E-state index contributed by atoms with van der Waals surface area (Å²) in [5.41, 5.74) is 7.95. The predicted octanol–water partition coefficient (Wildman–Crippen LogP) is 3.49. The van der Waals surface area contributed by atoms with Gasteiger partial charge in [-0.25, -0.2) is 0 Å². The number of nitrogens with zero attached hydrogens (tertiary/aromatic N) is 1. The maximum absolute atomic E-state index is 12.6. The van der Waals surface area contributed by atoms with Crippen LogP contribution in [0, 0.1) is 0 Å². The van der Waals surface area contributed by atoms with Crippen molar-refractivity contribution in [3.05, 3.63) is 88.8 Å². The highest BCUT2D eigenvalue weighted by Gasteiger charge is 2.16. The van der Waals surface area contributed by atoms with Gasteiger partial charge in [-0.2, -0.15) is 0 Å². The van der Waals surface area contributed by atoms with Crippen molar-refractivity contribution in [1.29, 1.82) is 0 Å². The number of hydrogen-bond donors (Lipinski definition) is 2. The van der Waals surface area contributed by atoms with Crippen LogP contribution in [0.4, 0.5) is 5.00 Å². The van der Waals surface area contributed by atoms with Crippen LogP contribution in [0.1, 0.15) is 21.5 Å². The van der Waals surface area contributed by atoms with E-state index in [4.69, 9.17) is 5.73 Å². The van der Waals surface area contributed by atoms with Crippen molar-refractivity contribution in [3.63, 3.8) is 0 Å². The van der Waals surface area contributed by atoms with Gasteiger partial charge in [0.05, 0.1) is 12.1 Å². The maximum Gasteiger partial charge on any atom is 0.251 e. The lowest BCUT2D eigenvalue weighted by Crippen LogP contribution is -2.32. The number of thiophene rings is 1. The molecule has 0 unspecified atom stereocenters. The Balaban J connectivity index is 1.70. The van der Waals surface area contributed by atoms with Crippen LogP contribution in [-0.4, -0.2) is 23.3 Å². The van der Waals surface area contributed by atoms with Crippen molar-refractivity contribution in [3.8, 4) is 0 Å². The van der Waals surface area contributed by atoms with Crippen LogP contribution >= 0.6 is 11.3 Å². The Labute approximate surface area is 162 Å². The topological polar surface area (TPSA) is 75.4 Å². The van der Waals surface area contributed by atoms with Gasteiger partial charge in [0.25, 0.3) is 5.91 Å². The fourth-order valence-electron chi connectivity index (χ4n) is 2.82. The third-order valence-electron chi connectivity index (χ3n) is 4.05. The summed E-state index contributed by atoms with van der Waals surface area (Å²) >= 11 is 1.29. The molecule has 3 aromatic rings. The summed E-state index contributed by atoms with van der Waals surface area (Å²) in [6.07, 6.45) is 0. The zero-order valence-electron chi connectivity index (χ0n) is 14.8. The van der Waals surface area contributed by atoms with Crippen LogP contribution < -0.4 is 11.1 Å². The summed E-state index contributed by atoms with van der Waals surface area (Å²) < 4.78 is 0. The predicted molar refractivity (Wildman–Crippen MR) is 108 cm³/mol. The number of nitrogens with one attached hydrogen (secondary N) is 1. The number of hydrogen-bond acceptors (Lipinski definition) is 4. The van der Waals surface area contributed by atoms with E-state index in [1.165, 1.54) is 11.3 Å². The van der Waals surface area contributed by atoms with E-state index in [2.05, 4.69) is 10.2 Å². The number of amides is 2. The Morgan fingerprint density at radius 3 is 1.96 bits per heavy atom. The van der Waals surface area contributed by atoms with E-state index < -0.39 is 5.91 Å². The third kappa shape index (κ3) is 5.51. The fourth-order valence-corrected chi connectivity index (χ4v) is 3.63. The zero-order valence-corrected chi connectivity index (χ0v) is 15.6. The fraction of sp³-hybridized carbons (Fsp3) is 0.143. The molecule has 0 bridgehead atoms. The number of benzene rings is 2.